The second-order valence-electron chi connectivity index (χ2n) is 3.72. The van der Waals surface area contributed by atoms with Crippen LogP contribution in [-0.4, -0.2) is 50.2 Å². The summed E-state index contributed by atoms with van der Waals surface area (Å²) >= 11 is 0. The molecule has 17 heavy (non-hydrogen) atoms. The SMILES string of the molecule is COC1=NC(C)N(N)C(OC)=C1C1=NCCN1. The molecule has 94 valence electrons. The topological polar surface area (TPSA) is 84.5 Å². The van der Waals surface area contributed by atoms with Gasteiger partial charge < -0.3 is 14.8 Å². The summed E-state index contributed by atoms with van der Waals surface area (Å²) in [7, 11) is 3.14. The van der Waals surface area contributed by atoms with Gasteiger partial charge >= 0.3 is 0 Å². The summed E-state index contributed by atoms with van der Waals surface area (Å²) < 4.78 is 10.6. The van der Waals surface area contributed by atoms with E-state index in [2.05, 4.69) is 15.3 Å². The second-order valence-corrected chi connectivity index (χ2v) is 3.72. The van der Waals surface area contributed by atoms with Crippen LogP contribution in [0.3, 0.4) is 0 Å². The molecule has 3 N–H and O–H groups in total. The molecule has 0 aromatic rings. The minimum absolute atomic E-state index is 0.231. The lowest BCUT2D eigenvalue weighted by atomic mass is 10.2. The summed E-state index contributed by atoms with van der Waals surface area (Å²) in [6, 6.07) is 0. The zero-order chi connectivity index (χ0) is 12.4. The van der Waals surface area contributed by atoms with Crippen LogP contribution in [0.25, 0.3) is 0 Å². The molecule has 1 unspecified atom stereocenters. The standard InChI is InChI=1S/C10H17N5O2/c1-6-14-9(16-2)7(8-12-4-5-13-8)10(17-3)15(6)11/h6H,4-5,11H2,1-3H3,(H,12,13). The summed E-state index contributed by atoms with van der Waals surface area (Å²) in [4.78, 5) is 8.68. The molecule has 0 bridgehead atoms. The molecule has 0 fully saturated rings. The zero-order valence-electron chi connectivity index (χ0n) is 10.2. The number of amidine groups is 1. The first kappa shape index (κ1) is 11.7. The number of rotatable bonds is 2. The minimum Gasteiger partial charge on any atom is -0.481 e. The summed E-state index contributed by atoms with van der Waals surface area (Å²) in [6.07, 6.45) is -0.231. The van der Waals surface area contributed by atoms with E-state index in [1.807, 2.05) is 6.92 Å². The van der Waals surface area contributed by atoms with Gasteiger partial charge in [0, 0.05) is 6.54 Å². The molecule has 0 saturated heterocycles. The summed E-state index contributed by atoms with van der Waals surface area (Å²) in [6.45, 7) is 3.39. The van der Waals surface area contributed by atoms with Crippen LogP contribution in [0.1, 0.15) is 6.92 Å². The quantitative estimate of drug-likeness (QED) is 0.630. The second kappa shape index (κ2) is 4.62. The van der Waals surface area contributed by atoms with Gasteiger partial charge in [0.1, 0.15) is 17.6 Å². The summed E-state index contributed by atoms with van der Waals surface area (Å²) in [5.41, 5.74) is 0.674. The number of ether oxygens (including phenoxy) is 2. The number of hydrazine groups is 1. The maximum Gasteiger partial charge on any atom is 0.227 e. The van der Waals surface area contributed by atoms with Crippen LogP contribution in [0.5, 0.6) is 0 Å². The summed E-state index contributed by atoms with van der Waals surface area (Å²) in [5, 5.41) is 4.62. The van der Waals surface area contributed by atoms with Crippen LogP contribution in [0.4, 0.5) is 0 Å². The van der Waals surface area contributed by atoms with Gasteiger partial charge in [-0.15, -0.1) is 0 Å². The van der Waals surface area contributed by atoms with Crippen molar-refractivity contribution in [3.8, 4) is 0 Å². The minimum atomic E-state index is -0.231. The molecular formula is C10H17N5O2. The van der Waals surface area contributed by atoms with E-state index in [0.29, 0.717) is 23.2 Å². The largest absolute Gasteiger partial charge is 0.481 e. The lowest BCUT2D eigenvalue weighted by Crippen LogP contribution is -2.45. The Morgan fingerprint density at radius 3 is 2.71 bits per heavy atom. The van der Waals surface area contributed by atoms with Crippen molar-refractivity contribution in [2.45, 2.75) is 13.1 Å². The van der Waals surface area contributed by atoms with E-state index < -0.39 is 0 Å². The van der Waals surface area contributed by atoms with Crippen LogP contribution >= 0.6 is 0 Å². The Morgan fingerprint density at radius 1 is 1.41 bits per heavy atom. The van der Waals surface area contributed by atoms with Gasteiger partial charge in [0.15, 0.2) is 0 Å². The number of aliphatic imine (C=N–C) groups is 2. The third-order valence-corrected chi connectivity index (χ3v) is 2.67. The van der Waals surface area contributed by atoms with Crippen LogP contribution in [-0.2, 0) is 9.47 Å². The molecule has 0 aliphatic carbocycles. The molecule has 0 amide bonds. The Labute approximate surface area is 100.0 Å². The number of hydrogen-bond donors (Lipinski definition) is 2. The van der Waals surface area contributed by atoms with Crippen LogP contribution in [0.15, 0.2) is 21.4 Å². The molecule has 2 rings (SSSR count). The summed E-state index contributed by atoms with van der Waals surface area (Å²) in [5.74, 6) is 7.63. The third kappa shape index (κ3) is 1.93. The van der Waals surface area contributed by atoms with E-state index in [0.717, 1.165) is 13.1 Å². The predicted octanol–water partition coefficient (Wildman–Crippen LogP) is -0.574. The van der Waals surface area contributed by atoms with E-state index in [-0.39, 0.29) is 6.17 Å². The van der Waals surface area contributed by atoms with Crippen molar-refractivity contribution >= 4 is 11.7 Å². The van der Waals surface area contributed by atoms with Gasteiger partial charge in [-0.1, -0.05) is 0 Å². The van der Waals surface area contributed by atoms with Crippen molar-refractivity contribution in [2.75, 3.05) is 27.3 Å². The number of methoxy groups -OCH3 is 2. The van der Waals surface area contributed by atoms with Gasteiger partial charge in [0.2, 0.25) is 11.8 Å². The molecule has 0 aromatic carbocycles. The van der Waals surface area contributed by atoms with Crippen molar-refractivity contribution in [3.63, 3.8) is 0 Å². The molecule has 2 aliphatic rings. The van der Waals surface area contributed by atoms with Crippen molar-refractivity contribution in [1.29, 1.82) is 0 Å². The van der Waals surface area contributed by atoms with Crippen molar-refractivity contribution in [1.82, 2.24) is 10.3 Å². The highest BCUT2D eigenvalue weighted by Crippen LogP contribution is 2.21. The molecule has 1 atom stereocenters. The zero-order valence-corrected chi connectivity index (χ0v) is 10.2. The number of nitrogens with two attached hydrogens (primary N) is 1. The molecule has 2 aliphatic heterocycles. The third-order valence-electron chi connectivity index (χ3n) is 2.67. The molecule has 2 heterocycles. The van der Waals surface area contributed by atoms with Crippen LogP contribution in [0.2, 0.25) is 0 Å². The fraction of sp³-hybridized carbons (Fsp3) is 0.600. The van der Waals surface area contributed by atoms with E-state index >= 15 is 0 Å². The first-order chi connectivity index (χ1) is 8.19. The van der Waals surface area contributed by atoms with Gasteiger partial charge in [-0.25, -0.2) is 10.8 Å². The monoisotopic (exact) mass is 239 g/mol. The normalized spacial score (nSPS) is 24.2. The Balaban J connectivity index is 2.46. The van der Waals surface area contributed by atoms with Gasteiger partial charge in [-0.05, 0) is 6.92 Å². The van der Waals surface area contributed by atoms with Gasteiger partial charge in [-0.2, -0.15) is 0 Å². The number of nitrogens with zero attached hydrogens (tertiary/aromatic N) is 3. The average Bonchev–Trinajstić information content (AvgIpc) is 2.85. The molecule has 7 heteroatoms. The van der Waals surface area contributed by atoms with Gasteiger partial charge in [0.05, 0.1) is 20.8 Å². The number of hydrogen-bond acceptors (Lipinski definition) is 7. The fourth-order valence-electron chi connectivity index (χ4n) is 1.82. The highest BCUT2D eigenvalue weighted by molar-refractivity contribution is 6.21. The van der Waals surface area contributed by atoms with Crippen molar-refractivity contribution < 1.29 is 9.47 Å². The first-order valence-corrected chi connectivity index (χ1v) is 5.42. The maximum atomic E-state index is 5.91. The van der Waals surface area contributed by atoms with E-state index in [1.165, 1.54) is 5.01 Å². The average molecular weight is 239 g/mol. The Bertz CT molecular complexity index is 402. The first-order valence-electron chi connectivity index (χ1n) is 5.42. The van der Waals surface area contributed by atoms with E-state index in [4.69, 9.17) is 15.3 Å². The maximum absolute atomic E-state index is 5.91. The van der Waals surface area contributed by atoms with Gasteiger partial charge in [-0.3, -0.25) is 10.0 Å². The van der Waals surface area contributed by atoms with Gasteiger partial charge in [0.25, 0.3) is 0 Å². The van der Waals surface area contributed by atoms with Crippen molar-refractivity contribution in [2.24, 2.45) is 15.8 Å². The fourth-order valence-corrected chi connectivity index (χ4v) is 1.82. The molecule has 0 spiro atoms. The molecule has 7 nitrogen and oxygen atoms in total. The molecule has 0 aromatic heterocycles. The highest BCUT2D eigenvalue weighted by atomic mass is 16.5. The van der Waals surface area contributed by atoms with E-state index in [9.17, 15) is 0 Å². The Morgan fingerprint density at radius 2 is 2.18 bits per heavy atom. The van der Waals surface area contributed by atoms with Crippen LogP contribution < -0.4 is 11.2 Å². The van der Waals surface area contributed by atoms with Crippen LogP contribution in [0, 0.1) is 0 Å². The predicted molar refractivity (Wildman–Crippen MR) is 64.3 cm³/mol. The molecule has 0 radical (unpaired) electrons. The molecule has 0 saturated carbocycles. The molecular weight excluding hydrogens is 222 g/mol. The number of nitrogens with one attached hydrogen (secondary N) is 1. The lowest BCUT2D eigenvalue weighted by molar-refractivity contribution is 0.118. The Kier molecular flexibility index (Phi) is 3.19. The smallest absolute Gasteiger partial charge is 0.227 e. The van der Waals surface area contributed by atoms with E-state index in [1.54, 1.807) is 14.2 Å². The highest BCUT2D eigenvalue weighted by Gasteiger charge is 2.32. The Hall–Kier alpha value is -1.76. The lowest BCUT2D eigenvalue weighted by Gasteiger charge is -2.31. The van der Waals surface area contributed by atoms with Crippen molar-refractivity contribution in [3.05, 3.63) is 11.5 Å².